The van der Waals surface area contributed by atoms with E-state index in [2.05, 4.69) is 10.5 Å². The SMILES string of the molecule is CCOc1cc(/C=N\NC(=O)CN(Cc2cccc(C)c2)S(=O)(=O)c2ccc(C)cc2)ccc1O. The lowest BCUT2D eigenvalue weighted by Gasteiger charge is -2.22. The highest BCUT2D eigenvalue weighted by Gasteiger charge is 2.27. The molecule has 0 aliphatic carbocycles. The van der Waals surface area contributed by atoms with E-state index in [1.165, 1.54) is 24.4 Å². The average molecular weight is 496 g/mol. The maximum Gasteiger partial charge on any atom is 0.255 e. The zero-order valence-corrected chi connectivity index (χ0v) is 20.7. The summed E-state index contributed by atoms with van der Waals surface area (Å²) < 4.78 is 33.2. The Morgan fingerprint density at radius 1 is 1.06 bits per heavy atom. The zero-order valence-electron chi connectivity index (χ0n) is 19.9. The van der Waals surface area contributed by atoms with Crippen LogP contribution in [0.15, 0.2) is 76.7 Å². The fourth-order valence-electron chi connectivity index (χ4n) is 3.36. The summed E-state index contributed by atoms with van der Waals surface area (Å²) in [4.78, 5) is 12.8. The standard InChI is InChI=1S/C26H29N3O5S/c1-4-34-25-15-21(10-13-24(25)30)16-27-28-26(31)18-29(17-22-7-5-6-20(3)14-22)35(32,33)23-11-8-19(2)9-12-23/h5-16,30H,4,17-18H2,1-3H3,(H,28,31)/b27-16-. The van der Waals surface area contributed by atoms with Gasteiger partial charge in [-0.2, -0.15) is 9.41 Å². The van der Waals surface area contributed by atoms with Gasteiger partial charge in [0.25, 0.3) is 5.91 Å². The molecule has 0 bridgehead atoms. The van der Waals surface area contributed by atoms with Crippen molar-refractivity contribution < 1.29 is 23.1 Å². The monoisotopic (exact) mass is 495 g/mol. The van der Waals surface area contributed by atoms with Crippen molar-refractivity contribution in [3.8, 4) is 11.5 Å². The molecule has 0 radical (unpaired) electrons. The van der Waals surface area contributed by atoms with E-state index in [1.54, 1.807) is 31.2 Å². The van der Waals surface area contributed by atoms with Gasteiger partial charge in [0.05, 0.1) is 24.3 Å². The molecule has 0 aliphatic heterocycles. The number of phenolic OH excluding ortho intramolecular Hbond substituents is 1. The summed E-state index contributed by atoms with van der Waals surface area (Å²) in [5, 5.41) is 13.7. The van der Waals surface area contributed by atoms with Crippen LogP contribution in [0.1, 0.15) is 29.2 Å². The molecule has 3 aromatic rings. The second kappa shape index (κ2) is 11.6. The van der Waals surface area contributed by atoms with Crippen molar-refractivity contribution in [1.29, 1.82) is 0 Å². The lowest BCUT2D eigenvalue weighted by atomic mass is 10.1. The summed E-state index contributed by atoms with van der Waals surface area (Å²) in [5.74, 6) is -0.286. The predicted octanol–water partition coefficient (Wildman–Crippen LogP) is 3.75. The van der Waals surface area contributed by atoms with Gasteiger partial charge < -0.3 is 9.84 Å². The topological polar surface area (TPSA) is 108 Å². The van der Waals surface area contributed by atoms with Crippen LogP contribution in [0, 0.1) is 13.8 Å². The van der Waals surface area contributed by atoms with Gasteiger partial charge in [0.2, 0.25) is 10.0 Å². The Balaban J connectivity index is 1.77. The van der Waals surface area contributed by atoms with E-state index in [-0.39, 0.29) is 17.2 Å². The Kier molecular flexibility index (Phi) is 8.62. The van der Waals surface area contributed by atoms with Crippen molar-refractivity contribution in [3.05, 3.63) is 89.0 Å². The minimum absolute atomic E-state index is 0.00105. The van der Waals surface area contributed by atoms with Gasteiger partial charge in [-0.25, -0.2) is 13.8 Å². The summed E-state index contributed by atoms with van der Waals surface area (Å²) in [6.45, 7) is 5.60. The summed E-state index contributed by atoms with van der Waals surface area (Å²) >= 11 is 0. The third-order valence-electron chi connectivity index (χ3n) is 5.11. The van der Waals surface area contributed by atoms with Gasteiger partial charge in [-0.15, -0.1) is 0 Å². The number of nitrogens with zero attached hydrogens (tertiary/aromatic N) is 2. The number of hydrazone groups is 1. The highest BCUT2D eigenvalue weighted by atomic mass is 32.2. The van der Waals surface area contributed by atoms with Crippen LogP contribution in [0.5, 0.6) is 11.5 Å². The number of sulfonamides is 1. The molecule has 1 amide bonds. The molecular formula is C26H29N3O5S. The number of aryl methyl sites for hydroxylation is 2. The average Bonchev–Trinajstić information content (AvgIpc) is 2.81. The van der Waals surface area contributed by atoms with Gasteiger partial charge in [-0.1, -0.05) is 47.5 Å². The van der Waals surface area contributed by atoms with Crippen LogP contribution < -0.4 is 10.2 Å². The Labute approximate surface area is 205 Å². The van der Waals surface area contributed by atoms with E-state index in [0.29, 0.717) is 17.9 Å². The van der Waals surface area contributed by atoms with Crippen molar-refractivity contribution in [2.75, 3.05) is 13.2 Å². The molecule has 35 heavy (non-hydrogen) atoms. The Morgan fingerprint density at radius 3 is 2.49 bits per heavy atom. The molecule has 9 heteroatoms. The van der Waals surface area contributed by atoms with E-state index in [1.807, 2.05) is 38.1 Å². The number of phenols is 1. The lowest BCUT2D eigenvalue weighted by Crippen LogP contribution is -2.39. The van der Waals surface area contributed by atoms with Gasteiger partial charge in [-0.3, -0.25) is 4.79 Å². The van der Waals surface area contributed by atoms with Gasteiger partial charge in [0, 0.05) is 6.54 Å². The fourth-order valence-corrected chi connectivity index (χ4v) is 4.74. The molecule has 3 rings (SSSR count). The number of nitrogens with one attached hydrogen (secondary N) is 1. The number of aromatic hydroxyl groups is 1. The first kappa shape index (κ1) is 25.9. The van der Waals surface area contributed by atoms with E-state index >= 15 is 0 Å². The fraction of sp³-hybridized carbons (Fsp3) is 0.231. The third kappa shape index (κ3) is 7.14. The highest BCUT2D eigenvalue weighted by Crippen LogP contribution is 2.26. The zero-order chi connectivity index (χ0) is 25.4. The first-order valence-electron chi connectivity index (χ1n) is 11.1. The summed E-state index contributed by atoms with van der Waals surface area (Å²) in [6.07, 6.45) is 1.39. The Bertz CT molecular complexity index is 1300. The van der Waals surface area contributed by atoms with Crippen LogP contribution >= 0.6 is 0 Å². The Hall–Kier alpha value is -3.69. The second-order valence-corrected chi connectivity index (χ2v) is 9.97. The molecule has 0 atom stereocenters. The molecule has 3 aromatic carbocycles. The third-order valence-corrected chi connectivity index (χ3v) is 6.91. The maximum atomic E-state index is 13.4. The number of hydrogen-bond donors (Lipinski definition) is 2. The number of rotatable bonds is 10. The van der Waals surface area contributed by atoms with Crippen molar-refractivity contribution in [2.24, 2.45) is 5.10 Å². The lowest BCUT2D eigenvalue weighted by molar-refractivity contribution is -0.121. The molecule has 8 nitrogen and oxygen atoms in total. The molecule has 0 aromatic heterocycles. The molecule has 0 saturated carbocycles. The van der Waals surface area contributed by atoms with Crippen LogP contribution in [0.25, 0.3) is 0 Å². The summed E-state index contributed by atoms with van der Waals surface area (Å²) in [6, 6.07) is 18.6. The maximum absolute atomic E-state index is 13.4. The van der Waals surface area contributed by atoms with Crippen molar-refractivity contribution in [2.45, 2.75) is 32.2 Å². The normalized spacial score (nSPS) is 11.7. The summed E-state index contributed by atoms with van der Waals surface area (Å²) in [7, 11) is -3.94. The Morgan fingerprint density at radius 2 is 1.80 bits per heavy atom. The molecule has 2 N–H and O–H groups in total. The van der Waals surface area contributed by atoms with Gasteiger partial charge in [0.1, 0.15) is 0 Å². The van der Waals surface area contributed by atoms with Crippen LogP contribution in [0.3, 0.4) is 0 Å². The number of carbonyl (C=O) groups is 1. The smallest absolute Gasteiger partial charge is 0.255 e. The quantitative estimate of drug-likeness (QED) is 0.329. The van der Waals surface area contributed by atoms with Gasteiger partial charge in [0.15, 0.2) is 11.5 Å². The highest BCUT2D eigenvalue weighted by molar-refractivity contribution is 7.89. The van der Waals surface area contributed by atoms with Crippen molar-refractivity contribution >= 4 is 22.1 Å². The van der Waals surface area contributed by atoms with Crippen molar-refractivity contribution in [3.63, 3.8) is 0 Å². The molecule has 0 saturated heterocycles. The van der Waals surface area contributed by atoms with Crippen molar-refractivity contribution in [1.82, 2.24) is 9.73 Å². The number of ether oxygens (including phenoxy) is 1. The molecule has 0 fully saturated rings. The van der Waals surface area contributed by atoms with E-state index in [4.69, 9.17) is 4.74 Å². The minimum Gasteiger partial charge on any atom is -0.504 e. The molecule has 0 spiro atoms. The second-order valence-electron chi connectivity index (χ2n) is 8.03. The number of hydrogen-bond acceptors (Lipinski definition) is 6. The first-order chi connectivity index (χ1) is 16.7. The predicted molar refractivity (Wildman–Crippen MR) is 135 cm³/mol. The van der Waals surface area contributed by atoms with Crippen LogP contribution in [-0.4, -0.2) is 43.1 Å². The van der Waals surface area contributed by atoms with Gasteiger partial charge in [-0.05, 0) is 62.2 Å². The molecule has 0 aliphatic rings. The van der Waals surface area contributed by atoms with E-state index in [0.717, 1.165) is 21.0 Å². The van der Waals surface area contributed by atoms with E-state index < -0.39 is 22.5 Å². The largest absolute Gasteiger partial charge is 0.504 e. The van der Waals surface area contributed by atoms with Crippen LogP contribution in [0.4, 0.5) is 0 Å². The molecular weight excluding hydrogens is 466 g/mol. The van der Waals surface area contributed by atoms with E-state index in [9.17, 15) is 18.3 Å². The first-order valence-corrected chi connectivity index (χ1v) is 12.5. The number of carbonyl (C=O) groups excluding carboxylic acids is 1. The molecule has 0 unspecified atom stereocenters. The molecule has 0 heterocycles. The molecule has 184 valence electrons. The van der Waals surface area contributed by atoms with Gasteiger partial charge >= 0.3 is 0 Å². The van der Waals surface area contributed by atoms with Crippen LogP contribution in [-0.2, 0) is 21.4 Å². The summed E-state index contributed by atoms with van der Waals surface area (Å²) in [5.41, 5.74) is 5.66. The number of amides is 1. The number of benzene rings is 3. The van der Waals surface area contributed by atoms with Crippen LogP contribution in [0.2, 0.25) is 0 Å². The minimum atomic E-state index is -3.94.